The Kier molecular flexibility index (Phi) is 2.49. The van der Waals surface area contributed by atoms with Crippen LogP contribution in [0, 0.1) is 5.92 Å². The van der Waals surface area contributed by atoms with Crippen LogP contribution >= 0.6 is 0 Å². The Labute approximate surface area is 67.8 Å². The van der Waals surface area contributed by atoms with Crippen molar-refractivity contribution >= 4 is 5.91 Å². The molecule has 3 heteroatoms. The summed E-state index contributed by atoms with van der Waals surface area (Å²) >= 11 is 0. The zero-order chi connectivity index (χ0) is 8.43. The fourth-order valence-corrected chi connectivity index (χ4v) is 1.43. The molecule has 1 fully saturated rings. The molecule has 1 rings (SSSR count). The summed E-state index contributed by atoms with van der Waals surface area (Å²) in [5.41, 5.74) is 0. The van der Waals surface area contributed by atoms with Gasteiger partial charge in [-0.05, 0) is 26.9 Å². The minimum absolute atomic E-state index is 0.197. The van der Waals surface area contributed by atoms with Crippen LogP contribution in [0.1, 0.15) is 12.8 Å². The van der Waals surface area contributed by atoms with Gasteiger partial charge in [-0.2, -0.15) is 0 Å². The van der Waals surface area contributed by atoms with Crippen molar-refractivity contribution < 1.29 is 4.79 Å². The summed E-state index contributed by atoms with van der Waals surface area (Å²) in [6, 6.07) is 0.622. The van der Waals surface area contributed by atoms with Gasteiger partial charge in [-0.25, -0.2) is 0 Å². The number of nitrogens with zero attached hydrogens (tertiary/aromatic N) is 1. The van der Waals surface area contributed by atoms with Gasteiger partial charge in [-0.1, -0.05) is 0 Å². The van der Waals surface area contributed by atoms with Crippen LogP contribution < -0.4 is 5.32 Å². The van der Waals surface area contributed by atoms with Gasteiger partial charge in [0.25, 0.3) is 0 Å². The van der Waals surface area contributed by atoms with E-state index in [0.29, 0.717) is 6.04 Å². The molecular formula is C8H16N2O. The van der Waals surface area contributed by atoms with E-state index >= 15 is 0 Å². The summed E-state index contributed by atoms with van der Waals surface area (Å²) < 4.78 is 0. The molecule has 1 aliphatic rings. The molecule has 11 heavy (non-hydrogen) atoms. The summed E-state index contributed by atoms with van der Waals surface area (Å²) in [5.74, 6) is 0.468. The maximum Gasteiger partial charge on any atom is 0.222 e. The summed E-state index contributed by atoms with van der Waals surface area (Å²) in [5, 5.41) is 2.67. The number of hydrogen-bond donors (Lipinski definition) is 1. The van der Waals surface area contributed by atoms with Crippen molar-refractivity contribution in [2.45, 2.75) is 18.9 Å². The predicted octanol–water partition coefficient (Wildman–Crippen LogP) is 0.0726. The largest absolute Gasteiger partial charge is 0.359 e. The average Bonchev–Trinajstić information content (AvgIpc) is 1.83. The highest BCUT2D eigenvalue weighted by Crippen LogP contribution is 2.30. The molecule has 0 atom stereocenters. The van der Waals surface area contributed by atoms with E-state index in [1.807, 2.05) is 0 Å². The molecule has 1 N–H and O–H groups in total. The zero-order valence-corrected chi connectivity index (χ0v) is 7.42. The Hall–Kier alpha value is -0.570. The van der Waals surface area contributed by atoms with Crippen LogP contribution in [0.5, 0.6) is 0 Å². The first-order chi connectivity index (χ1) is 5.15. The molecule has 1 aliphatic carbocycles. The van der Waals surface area contributed by atoms with Crippen molar-refractivity contribution in [3.8, 4) is 0 Å². The lowest BCUT2D eigenvalue weighted by atomic mass is 9.79. The molecule has 0 aromatic rings. The number of carbonyl (C=O) groups excluding carboxylic acids is 1. The summed E-state index contributed by atoms with van der Waals surface area (Å²) in [4.78, 5) is 13.2. The number of rotatable bonds is 2. The normalized spacial score (nSPS) is 29.8. The third kappa shape index (κ3) is 1.71. The van der Waals surface area contributed by atoms with E-state index in [0.717, 1.165) is 12.8 Å². The molecule has 0 unspecified atom stereocenters. The van der Waals surface area contributed by atoms with Crippen molar-refractivity contribution in [3.63, 3.8) is 0 Å². The molecule has 3 nitrogen and oxygen atoms in total. The van der Waals surface area contributed by atoms with E-state index in [2.05, 4.69) is 24.3 Å². The van der Waals surface area contributed by atoms with Crippen LogP contribution in [0.4, 0.5) is 0 Å². The van der Waals surface area contributed by atoms with Gasteiger partial charge in [-0.15, -0.1) is 0 Å². The topological polar surface area (TPSA) is 32.3 Å². The first-order valence-corrected chi connectivity index (χ1v) is 4.03. The highest BCUT2D eigenvalue weighted by Gasteiger charge is 2.34. The highest BCUT2D eigenvalue weighted by atomic mass is 16.1. The molecule has 64 valence electrons. The van der Waals surface area contributed by atoms with Crippen molar-refractivity contribution in [2.24, 2.45) is 5.92 Å². The smallest absolute Gasteiger partial charge is 0.222 e. The molecule has 0 aliphatic heterocycles. The summed E-state index contributed by atoms with van der Waals surface area (Å²) in [6.07, 6.45) is 2.04. The molecular weight excluding hydrogens is 140 g/mol. The van der Waals surface area contributed by atoms with E-state index in [4.69, 9.17) is 0 Å². The van der Waals surface area contributed by atoms with Crippen LogP contribution in [-0.4, -0.2) is 38.0 Å². The summed E-state index contributed by atoms with van der Waals surface area (Å²) in [6.45, 7) is 0. The molecule has 0 radical (unpaired) electrons. The Balaban J connectivity index is 2.24. The monoisotopic (exact) mass is 156 g/mol. The maximum atomic E-state index is 11.0. The van der Waals surface area contributed by atoms with E-state index in [9.17, 15) is 4.79 Å². The van der Waals surface area contributed by atoms with Gasteiger partial charge in [-0.3, -0.25) is 4.79 Å². The minimum Gasteiger partial charge on any atom is -0.359 e. The fraction of sp³-hybridized carbons (Fsp3) is 0.875. The average molecular weight is 156 g/mol. The second kappa shape index (κ2) is 3.22. The second-order valence-electron chi connectivity index (χ2n) is 3.40. The Morgan fingerprint density at radius 3 is 2.36 bits per heavy atom. The zero-order valence-electron chi connectivity index (χ0n) is 7.42. The lowest BCUT2D eigenvalue weighted by molar-refractivity contribution is -0.128. The number of carbonyl (C=O) groups is 1. The molecule has 0 aromatic heterocycles. The number of amides is 1. The molecule has 0 spiro atoms. The van der Waals surface area contributed by atoms with Gasteiger partial charge in [0.15, 0.2) is 0 Å². The molecule has 0 bridgehead atoms. The standard InChI is InChI=1S/C8H16N2O/c1-9-8(11)6-4-7(5-6)10(2)3/h6-7H,4-5H2,1-3H3,(H,9,11). The highest BCUT2D eigenvalue weighted by molar-refractivity contribution is 5.79. The van der Waals surface area contributed by atoms with Crippen molar-refractivity contribution in [1.82, 2.24) is 10.2 Å². The van der Waals surface area contributed by atoms with Crippen molar-refractivity contribution in [1.29, 1.82) is 0 Å². The van der Waals surface area contributed by atoms with E-state index < -0.39 is 0 Å². The number of nitrogens with one attached hydrogen (secondary N) is 1. The third-order valence-electron chi connectivity index (χ3n) is 2.46. The van der Waals surface area contributed by atoms with Crippen LogP contribution in [0.2, 0.25) is 0 Å². The van der Waals surface area contributed by atoms with Gasteiger partial charge in [0.05, 0.1) is 0 Å². The quantitative estimate of drug-likeness (QED) is 0.613. The minimum atomic E-state index is 0.197. The third-order valence-corrected chi connectivity index (χ3v) is 2.46. The predicted molar refractivity (Wildman–Crippen MR) is 44.3 cm³/mol. The lowest BCUT2D eigenvalue weighted by Gasteiger charge is -2.38. The van der Waals surface area contributed by atoms with Gasteiger partial charge in [0, 0.05) is 19.0 Å². The molecule has 1 amide bonds. The Bertz CT molecular complexity index is 150. The van der Waals surface area contributed by atoms with E-state index in [-0.39, 0.29) is 11.8 Å². The lowest BCUT2D eigenvalue weighted by Crippen LogP contribution is -2.46. The first-order valence-electron chi connectivity index (χ1n) is 4.03. The van der Waals surface area contributed by atoms with Crippen molar-refractivity contribution in [2.75, 3.05) is 21.1 Å². The molecule has 0 heterocycles. The van der Waals surface area contributed by atoms with E-state index in [1.165, 1.54) is 0 Å². The second-order valence-corrected chi connectivity index (χ2v) is 3.40. The van der Waals surface area contributed by atoms with Crippen LogP contribution in [0.15, 0.2) is 0 Å². The molecule has 0 aromatic carbocycles. The van der Waals surface area contributed by atoms with Gasteiger partial charge in [0.1, 0.15) is 0 Å². The number of hydrogen-bond acceptors (Lipinski definition) is 2. The molecule has 1 saturated carbocycles. The van der Waals surface area contributed by atoms with Crippen LogP contribution in [-0.2, 0) is 4.79 Å². The van der Waals surface area contributed by atoms with Crippen LogP contribution in [0.25, 0.3) is 0 Å². The van der Waals surface area contributed by atoms with Crippen LogP contribution in [0.3, 0.4) is 0 Å². The molecule has 0 saturated heterocycles. The Morgan fingerprint density at radius 1 is 1.45 bits per heavy atom. The van der Waals surface area contributed by atoms with Gasteiger partial charge in [0.2, 0.25) is 5.91 Å². The van der Waals surface area contributed by atoms with Gasteiger partial charge < -0.3 is 10.2 Å². The van der Waals surface area contributed by atoms with Gasteiger partial charge >= 0.3 is 0 Å². The Morgan fingerprint density at radius 2 is 2.00 bits per heavy atom. The SMILES string of the molecule is CNC(=O)C1CC(N(C)C)C1. The van der Waals surface area contributed by atoms with E-state index in [1.54, 1.807) is 7.05 Å². The fourth-order valence-electron chi connectivity index (χ4n) is 1.43. The summed E-state index contributed by atoms with van der Waals surface area (Å²) in [7, 11) is 5.82. The first kappa shape index (κ1) is 8.53. The van der Waals surface area contributed by atoms with Crippen molar-refractivity contribution in [3.05, 3.63) is 0 Å². The maximum absolute atomic E-state index is 11.0.